The van der Waals surface area contributed by atoms with E-state index in [1.165, 1.54) is 12.8 Å². The highest BCUT2D eigenvalue weighted by Crippen LogP contribution is 2.37. The molecule has 5 heteroatoms. The Morgan fingerprint density at radius 3 is 2.58 bits per heavy atom. The number of benzene rings is 1. The first kappa shape index (κ1) is 19.2. The van der Waals surface area contributed by atoms with Gasteiger partial charge < -0.3 is 10.6 Å². The first-order valence-electron chi connectivity index (χ1n) is 9.86. The van der Waals surface area contributed by atoms with Crippen molar-refractivity contribution in [2.45, 2.75) is 70.4 Å². The molecule has 0 radical (unpaired) electrons. The fourth-order valence-electron chi connectivity index (χ4n) is 4.58. The van der Waals surface area contributed by atoms with Gasteiger partial charge in [0.1, 0.15) is 0 Å². The van der Waals surface area contributed by atoms with Crippen LogP contribution in [-0.4, -0.2) is 17.9 Å². The second kappa shape index (κ2) is 8.90. The highest BCUT2D eigenvalue weighted by Gasteiger charge is 2.32. The van der Waals surface area contributed by atoms with Crippen molar-refractivity contribution in [3.8, 4) is 0 Å². The third kappa shape index (κ3) is 5.00. The van der Waals surface area contributed by atoms with Crippen LogP contribution >= 0.6 is 11.6 Å². The third-order valence-corrected chi connectivity index (χ3v) is 6.06. The number of carbonyl (C=O) groups excluding carboxylic acids is 2. The number of amides is 2. The van der Waals surface area contributed by atoms with Crippen LogP contribution in [-0.2, 0) is 9.59 Å². The molecule has 142 valence electrons. The van der Waals surface area contributed by atoms with E-state index in [0.717, 1.165) is 44.1 Å². The molecule has 2 aliphatic carbocycles. The summed E-state index contributed by atoms with van der Waals surface area (Å²) in [5.41, 5.74) is 1.10. The monoisotopic (exact) mass is 376 g/mol. The average molecular weight is 377 g/mol. The Morgan fingerprint density at radius 1 is 1.12 bits per heavy atom. The fraction of sp³-hybridized carbons (Fsp3) is 0.619. The Morgan fingerprint density at radius 2 is 1.88 bits per heavy atom. The van der Waals surface area contributed by atoms with E-state index in [-0.39, 0.29) is 29.8 Å². The maximum atomic E-state index is 13.0. The van der Waals surface area contributed by atoms with Gasteiger partial charge in [0.25, 0.3) is 0 Å². The molecule has 0 bridgehead atoms. The zero-order valence-corrected chi connectivity index (χ0v) is 16.2. The van der Waals surface area contributed by atoms with Gasteiger partial charge in [0.15, 0.2) is 0 Å². The van der Waals surface area contributed by atoms with Gasteiger partial charge >= 0.3 is 0 Å². The summed E-state index contributed by atoms with van der Waals surface area (Å²) < 4.78 is 0. The summed E-state index contributed by atoms with van der Waals surface area (Å²) in [5, 5.41) is 7.02. The van der Waals surface area contributed by atoms with E-state index in [1.54, 1.807) is 6.92 Å². The highest BCUT2D eigenvalue weighted by molar-refractivity contribution is 6.30. The lowest BCUT2D eigenvalue weighted by atomic mass is 9.84. The minimum absolute atomic E-state index is 0.0150. The van der Waals surface area contributed by atoms with Crippen molar-refractivity contribution in [3.63, 3.8) is 0 Å². The Labute approximate surface area is 161 Å². The number of rotatable bonds is 5. The van der Waals surface area contributed by atoms with Crippen LogP contribution in [0.1, 0.15) is 69.9 Å². The van der Waals surface area contributed by atoms with Crippen molar-refractivity contribution < 1.29 is 9.59 Å². The summed E-state index contributed by atoms with van der Waals surface area (Å²) in [6.07, 6.45) is 8.33. The average Bonchev–Trinajstić information content (AvgIpc) is 3.13. The Balaban J connectivity index is 1.69. The first-order valence-corrected chi connectivity index (χ1v) is 10.2. The minimum atomic E-state index is -0.0244. The maximum Gasteiger partial charge on any atom is 0.223 e. The van der Waals surface area contributed by atoms with Crippen molar-refractivity contribution in [2.75, 3.05) is 0 Å². The van der Waals surface area contributed by atoms with Crippen LogP contribution in [0.5, 0.6) is 0 Å². The zero-order chi connectivity index (χ0) is 18.5. The van der Waals surface area contributed by atoms with Crippen molar-refractivity contribution in [1.29, 1.82) is 0 Å². The van der Waals surface area contributed by atoms with Crippen LogP contribution < -0.4 is 10.6 Å². The molecular formula is C21H29ClN2O2. The fourth-order valence-corrected chi connectivity index (χ4v) is 4.78. The zero-order valence-electron chi connectivity index (χ0n) is 15.5. The van der Waals surface area contributed by atoms with Gasteiger partial charge in [0, 0.05) is 23.9 Å². The van der Waals surface area contributed by atoms with Crippen LogP contribution in [0.25, 0.3) is 0 Å². The molecule has 2 unspecified atom stereocenters. The van der Waals surface area contributed by atoms with E-state index in [4.69, 9.17) is 11.6 Å². The van der Waals surface area contributed by atoms with Crippen LogP contribution in [0.3, 0.4) is 0 Å². The number of nitrogens with one attached hydrogen (secondary N) is 2. The van der Waals surface area contributed by atoms with Gasteiger partial charge in [-0.25, -0.2) is 0 Å². The minimum Gasteiger partial charge on any atom is -0.354 e. The summed E-state index contributed by atoms with van der Waals surface area (Å²) in [7, 11) is 0. The lowest BCUT2D eigenvalue weighted by Crippen LogP contribution is -2.43. The second-order valence-corrected chi connectivity index (χ2v) is 8.28. The normalized spacial score (nSPS) is 24.8. The molecule has 3 rings (SSSR count). The molecule has 26 heavy (non-hydrogen) atoms. The standard InChI is InChI=1S/C21H29ClN2O2/c1-14(25)23-19-11-5-9-17(13-19)21(26)24-20(15-6-2-3-7-15)16-8-4-10-18(22)12-16/h4,8,10,12,15,17,19-20H,2-3,5-7,9,11,13H2,1H3,(H,23,25)(H,24,26)/t17?,19?,20-/m0/s1. The molecule has 3 atom stereocenters. The van der Waals surface area contributed by atoms with Gasteiger partial charge in [0.05, 0.1) is 6.04 Å². The summed E-state index contributed by atoms with van der Waals surface area (Å²) >= 11 is 6.20. The summed E-state index contributed by atoms with van der Waals surface area (Å²) in [6.45, 7) is 1.54. The highest BCUT2D eigenvalue weighted by atomic mass is 35.5. The van der Waals surface area contributed by atoms with Gasteiger partial charge in [-0.05, 0) is 55.7 Å². The van der Waals surface area contributed by atoms with Crippen molar-refractivity contribution in [1.82, 2.24) is 10.6 Å². The molecule has 2 amide bonds. The van der Waals surface area contributed by atoms with Gasteiger partial charge in [-0.3, -0.25) is 9.59 Å². The Bertz CT molecular complexity index is 643. The molecule has 0 heterocycles. The predicted molar refractivity (Wildman–Crippen MR) is 104 cm³/mol. The summed E-state index contributed by atoms with van der Waals surface area (Å²) in [6, 6.07) is 8.02. The lowest BCUT2D eigenvalue weighted by Gasteiger charge is -2.32. The molecule has 0 aliphatic heterocycles. The van der Waals surface area contributed by atoms with Gasteiger partial charge in [-0.15, -0.1) is 0 Å². The number of hydrogen-bond donors (Lipinski definition) is 2. The molecule has 1 aromatic rings. The summed E-state index contributed by atoms with van der Waals surface area (Å²) in [5.74, 6) is 0.562. The van der Waals surface area contributed by atoms with Crippen molar-refractivity contribution in [2.24, 2.45) is 11.8 Å². The molecule has 0 aromatic heterocycles. The third-order valence-electron chi connectivity index (χ3n) is 5.83. The SMILES string of the molecule is CC(=O)NC1CCCC(C(=O)N[C@H](c2cccc(Cl)c2)C2CCCC2)C1. The van der Waals surface area contributed by atoms with Gasteiger partial charge in [0.2, 0.25) is 11.8 Å². The molecule has 2 fully saturated rings. The Kier molecular flexibility index (Phi) is 6.58. The number of carbonyl (C=O) groups is 2. The van der Waals surface area contributed by atoms with Gasteiger partial charge in [-0.2, -0.15) is 0 Å². The molecule has 0 spiro atoms. The molecular weight excluding hydrogens is 348 g/mol. The molecule has 2 aliphatic rings. The van der Waals surface area contributed by atoms with Crippen LogP contribution in [0.4, 0.5) is 0 Å². The van der Waals surface area contributed by atoms with E-state index >= 15 is 0 Å². The van der Waals surface area contributed by atoms with E-state index in [2.05, 4.69) is 16.7 Å². The lowest BCUT2D eigenvalue weighted by molar-refractivity contribution is -0.128. The van der Waals surface area contributed by atoms with E-state index < -0.39 is 0 Å². The molecule has 0 saturated heterocycles. The van der Waals surface area contributed by atoms with Gasteiger partial charge in [-0.1, -0.05) is 43.0 Å². The molecule has 4 nitrogen and oxygen atoms in total. The number of halogens is 1. The largest absolute Gasteiger partial charge is 0.354 e. The predicted octanol–water partition coefficient (Wildman–Crippen LogP) is 4.38. The van der Waals surface area contributed by atoms with Crippen molar-refractivity contribution >= 4 is 23.4 Å². The Hall–Kier alpha value is -1.55. The first-order chi connectivity index (χ1) is 12.5. The molecule has 1 aromatic carbocycles. The number of hydrogen-bond acceptors (Lipinski definition) is 2. The van der Waals surface area contributed by atoms with E-state index in [1.807, 2.05) is 18.2 Å². The van der Waals surface area contributed by atoms with Crippen LogP contribution in [0, 0.1) is 11.8 Å². The maximum absolute atomic E-state index is 13.0. The smallest absolute Gasteiger partial charge is 0.223 e. The quantitative estimate of drug-likeness (QED) is 0.801. The van der Waals surface area contributed by atoms with Crippen molar-refractivity contribution in [3.05, 3.63) is 34.9 Å². The van der Waals surface area contributed by atoms with Crippen LogP contribution in [0.2, 0.25) is 5.02 Å². The second-order valence-electron chi connectivity index (χ2n) is 7.85. The molecule has 2 saturated carbocycles. The summed E-state index contributed by atoms with van der Waals surface area (Å²) in [4.78, 5) is 24.3. The topological polar surface area (TPSA) is 58.2 Å². The van der Waals surface area contributed by atoms with E-state index in [0.29, 0.717) is 10.9 Å². The van der Waals surface area contributed by atoms with Crippen LogP contribution in [0.15, 0.2) is 24.3 Å². The molecule has 2 N–H and O–H groups in total. The van der Waals surface area contributed by atoms with E-state index in [9.17, 15) is 9.59 Å².